The summed E-state index contributed by atoms with van der Waals surface area (Å²) in [7, 11) is 0. The lowest BCUT2D eigenvalue weighted by Gasteiger charge is -2.34. The number of amides is 9. The van der Waals surface area contributed by atoms with Crippen molar-refractivity contribution in [2.24, 2.45) is 5.92 Å². The highest BCUT2D eigenvalue weighted by atomic mass is 16.5. The summed E-state index contributed by atoms with van der Waals surface area (Å²) in [6.45, 7) is 1.29. The Morgan fingerprint density at radius 2 is 1.23 bits per heavy atom. The summed E-state index contributed by atoms with van der Waals surface area (Å²) in [5.74, 6) is -18.0. The number of aliphatic hydroxyl groups is 2. The maximum absolute atomic E-state index is 16.2. The number of hydrogen-bond donors (Lipinski definition) is 20. The highest BCUT2D eigenvalue weighted by molar-refractivity contribution is 6.02. The molecule has 2 aliphatic carbocycles. The van der Waals surface area contributed by atoms with E-state index < -0.39 is 202 Å². The Morgan fingerprint density at radius 1 is 0.568 bits per heavy atom. The van der Waals surface area contributed by atoms with Gasteiger partial charge in [-0.05, 0) is 141 Å². The SMILES string of the molecule is CC(=O)NC(C(=O)NC1C(=O)NC2CC3CNc4cc(ccc43)-c3cc4cc(c3O)Oc3ccc(cc3)CC3NC(=O)C(Cc5ccc(O)c(c5)-c5c(O)cc(O)cc5C(C(=O)NC(C(=O)O)c5cc(O)cc(O)c5)NC3=O)NC(=O)C4NC(=O)C(NC2=O)C2=CC(OC3=CC(O)=CC1C3)C(O)C=C2)c1ccc(O)cc1. The molecule has 20 N–H and O–H groups in total. The third-order valence-electron chi connectivity index (χ3n) is 20.2. The van der Waals surface area contributed by atoms with Crippen LogP contribution in [0.3, 0.4) is 0 Å². The predicted octanol–water partition coefficient (Wildman–Crippen LogP) is 3.64. The molecule has 111 heavy (non-hydrogen) atoms. The van der Waals surface area contributed by atoms with E-state index in [0.29, 0.717) is 22.4 Å². The topological polar surface area (TPSA) is 512 Å². The quantitative estimate of drug-likeness (QED) is 0.103. The molecule has 0 aromatic heterocycles. The van der Waals surface area contributed by atoms with Crippen LogP contribution in [0, 0.1) is 5.92 Å². The van der Waals surface area contributed by atoms with Crippen molar-refractivity contribution in [3.05, 3.63) is 214 Å². The van der Waals surface area contributed by atoms with Gasteiger partial charge in [-0.25, -0.2) is 4.79 Å². The Labute approximate surface area is 629 Å². The molecular formula is C79H72N10O22. The Kier molecular flexibility index (Phi) is 19.9. The number of allylic oxidation sites excluding steroid dienone is 2. The summed E-state index contributed by atoms with van der Waals surface area (Å²) in [6.07, 6.45) is 1.88. The number of fused-ring (bicyclic) bond motifs is 12. The monoisotopic (exact) mass is 1510 g/mol. The minimum Gasteiger partial charge on any atom is -0.508 e. The third-order valence-corrected chi connectivity index (χ3v) is 20.2. The molecule has 7 aromatic carbocycles. The molecular weight excluding hydrogens is 1440 g/mol. The number of phenolic OH excluding ortho intramolecular Hbond substituents is 7. The van der Waals surface area contributed by atoms with Crippen molar-refractivity contribution in [3.8, 4) is 74.0 Å². The highest BCUT2D eigenvalue weighted by Gasteiger charge is 2.44. The van der Waals surface area contributed by atoms with Gasteiger partial charge in [0.1, 0.15) is 112 Å². The van der Waals surface area contributed by atoms with Crippen molar-refractivity contribution in [2.75, 3.05) is 11.9 Å². The molecule has 19 bridgehead atoms. The van der Waals surface area contributed by atoms with Gasteiger partial charge < -0.3 is 114 Å². The van der Waals surface area contributed by atoms with Crippen LogP contribution in [0.2, 0.25) is 0 Å². The Morgan fingerprint density at radius 3 is 1.96 bits per heavy atom. The largest absolute Gasteiger partial charge is 0.508 e. The lowest BCUT2D eigenvalue weighted by atomic mass is 9.87. The number of benzene rings is 7. The summed E-state index contributed by atoms with van der Waals surface area (Å²) in [4.78, 5) is 150. The first-order chi connectivity index (χ1) is 53.0. The molecule has 0 saturated heterocycles. The molecule has 0 fully saturated rings. The molecule has 0 saturated carbocycles. The fourth-order valence-corrected chi connectivity index (χ4v) is 14.8. The van der Waals surface area contributed by atoms with Gasteiger partial charge >= 0.3 is 5.97 Å². The standard InChI is InChI=1S/C79H72N10O22/c1-33(90)81-64(36-5-9-43(91)10-6-36)76(105)86-66-40-21-46(94)29-49(22-40)111-61-26-38(8-15-59(61)97)65-77(106)87-67-41-23-51(37-7-13-50-42(32-80-54(50)24-37)25-57(73(102)85-65)84-74(66)103)70(99)62(27-41)110-48-11-2-34(3-12-48)17-55-72(101)89-69(78(107)88-68(79(108)109)39-19-44(92)28-45(93)20-39)53-30-47(95)31-60(98)63(53)52-16-35(4-14-58(52)96)18-56(71(100)82-55)83-75(67)104/h2-16,19-21,23-24,26-31,40,42,55-57,59,61,64-69,80,91-99H,17-18,22,25,32H2,1H3,(H,81,90)(H,82,100)(H,83,104)(H,84,103)(H,85,102)(H,86,105)(H,87,106)(H,88,107)(H,89,101)(H,108,109). The number of aliphatic hydroxyl groups excluding tert-OH is 2. The first-order valence-corrected chi connectivity index (χ1v) is 35.1. The molecule has 13 unspecified atom stereocenters. The van der Waals surface area contributed by atoms with Gasteiger partial charge in [0.2, 0.25) is 53.2 Å². The van der Waals surface area contributed by atoms with Crippen molar-refractivity contribution < 1.29 is 108 Å². The van der Waals surface area contributed by atoms with Crippen LogP contribution in [0.5, 0.6) is 51.7 Å². The molecule has 13 atom stereocenters. The summed E-state index contributed by atoms with van der Waals surface area (Å²) >= 11 is 0. The number of anilines is 1. The van der Waals surface area contributed by atoms with Crippen molar-refractivity contribution in [1.29, 1.82) is 0 Å². The molecule has 0 spiro atoms. The molecule has 7 aromatic rings. The fourth-order valence-electron chi connectivity index (χ4n) is 14.8. The first-order valence-electron chi connectivity index (χ1n) is 35.1. The smallest absolute Gasteiger partial charge is 0.330 e. The van der Waals surface area contributed by atoms with E-state index in [0.717, 1.165) is 43.3 Å². The summed E-state index contributed by atoms with van der Waals surface area (Å²) in [5.41, 5.74) is 0.204. The number of hydrogen-bond acceptors (Lipinski definition) is 22. The zero-order chi connectivity index (χ0) is 78.5. The summed E-state index contributed by atoms with van der Waals surface area (Å²) in [6, 6.07) is 10.3. The van der Waals surface area contributed by atoms with Crippen molar-refractivity contribution in [2.45, 2.75) is 105 Å². The molecule has 32 heteroatoms. The van der Waals surface area contributed by atoms with E-state index in [4.69, 9.17) is 9.47 Å². The lowest BCUT2D eigenvalue weighted by molar-refractivity contribution is -0.142. The zero-order valence-electron chi connectivity index (χ0n) is 58.4. The molecule has 7 aliphatic heterocycles. The van der Waals surface area contributed by atoms with Gasteiger partial charge in [0.25, 0.3) is 0 Å². The van der Waals surface area contributed by atoms with E-state index >= 15 is 33.6 Å². The van der Waals surface area contributed by atoms with Crippen LogP contribution in [0.25, 0.3) is 22.3 Å². The normalized spacial score (nSPS) is 23.9. The van der Waals surface area contributed by atoms with E-state index in [1.165, 1.54) is 103 Å². The summed E-state index contributed by atoms with van der Waals surface area (Å²) < 4.78 is 12.9. The number of rotatable bonds is 8. The zero-order valence-corrected chi connectivity index (χ0v) is 58.4. The van der Waals surface area contributed by atoms with Gasteiger partial charge in [0.05, 0.1) is 0 Å². The third kappa shape index (κ3) is 15.5. The number of nitrogens with one attached hydrogen (secondary N) is 10. The van der Waals surface area contributed by atoms with Gasteiger partial charge in [0.15, 0.2) is 17.5 Å². The minimum atomic E-state index is -2.17. The number of phenols is 7. The first kappa shape index (κ1) is 73.8. The number of ether oxygens (including phenoxy) is 2. The van der Waals surface area contributed by atoms with Gasteiger partial charge in [-0.2, -0.15) is 0 Å². The fraction of sp³-hybridized carbons (Fsp3) is 0.241. The molecule has 0 radical (unpaired) electrons. The minimum absolute atomic E-state index is 0.0224. The van der Waals surface area contributed by atoms with Gasteiger partial charge in [-0.3, -0.25) is 43.2 Å². The van der Waals surface area contributed by atoms with Crippen LogP contribution in [0.1, 0.15) is 88.8 Å². The second-order valence-corrected chi connectivity index (χ2v) is 27.9. The number of carbonyl (C=O) groups is 10. The van der Waals surface area contributed by atoms with E-state index in [2.05, 4.69) is 53.2 Å². The lowest BCUT2D eigenvalue weighted by Crippen LogP contribution is -2.60. The molecule has 32 nitrogen and oxygen atoms in total. The molecule has 9 aliphatic rings. The van der Waals surface area contributed by atoms with Crippen LogP contribution < -0.4 is 57.9 Å². The predicted molar refractivity (Wildman–Crippen MR) is 390 cm³/mol. The van der Waals surface area contributed by atoms with Crippen LogP contribution in [-0.2, 0) is 65.5 Å². The van der Waals surface area contributed by atoms with Gasteiger partial charge in [0, 0.05) is 85.2 Å². The average Bonchev–Trinajstić information content (AvgIpc) is 1.51. The Hall–Kier alpha value is -14.0. The summed E-state index contributed by atoms with van der Waals surface area (Å²) in [5, 5.41) is 139. The van der Waals surface area contributed by atoms with Crippen molar-refractivity contribution in [3.63, 3.8) is 0 Å². The van der Waals surface area contributed by atoms with Crippen LogP contribution in [-0.4, -0.2) is 159 Å². The van der Waals surface area contributed by atoms with Gasteiger partial charge in [-0.15, -0.1) is 0 Å². The van der Waals surface area contributed by atoms with E-state index in [9.17, 15) is 65.4 Å². The molecule has 9 amide bonds. The number of carboxylic acid groups (broad SMARTS) is 1. The molecule has 16 rings (SSSR count). The van der Waals surface area contributed by atoms with E-state index in [1.54, 1.807) is 18.2 Å². The molecule has 570 valence electrons. The average molecular weight is 1510 g/mol. The molecule has 7 heterocycles. The van der Waals surface area contributed by atoms with Crippen molar-refractivity contribution in [1.82, 2.24) is 47.9 Å². The van der Waals surface area contributed by atoms with E-state index in [1.807, 2.05) is 0 Å². The van der Waals surface area contributed by atoms with Crippen LogP contribution in [0.4, 0.5) is 5.69 Å². The maximum atomic E-state index is 16.2. The van der Waals surface area contributed by atoms with Crippen LogP contribution in [0.15, 0.2) is 175 Å². The number of carboxylic acids is 1. The highest BCUT2D eigenvalue weighted by Crippen LogP contribution is 2.47. The second kappa shape index (κ2) is 30.0. The number of carbonyl (C=O) groups excluding carboxylic acids is 9. The number of aromatic hydroxyl groups is 7. The van der Waals surface area contributed by atoms with Gasteiger partial charge in [-0.1, -0.05) is 54.6 Å². The second-order valence-electron chi connectivity index (χ2n) is 27.9. The van der Waals surface area contributed by atoms with Crippen molar-refractivity contribution >= 4 is 64.8 Å². The number of aliphatic carboxylic acids is 1. The Bertz CT molecular complexity index is 5170. The maximum Gasteiger partial charge on any atom is 0.330 e. The Balaban J connectivity index is 0.895. The van der Waals surface area contributed by atoms with Crippen LogP contribution >= 0.6 is 0 Å². The van der Waals surface area contributed by atoms with E-state index in [-0.39, 0.29) is 81.3 Å².